The van der Waals surface area contributed by atoms with Crippen molar-refractivity contribution in [3.63, 3.8) is 0 Å². The molecular formula is C20H26ClN3O2. The minimum atomic E-state index is -0.0884. The van der Waals surface area contributed by atoms with Gasteiger partial charge in [0.25, 0.3) is 0 Å². The maximum Gasteiger partial charge on any atom is 0.228 e. The highest BCUT2D eigenvalue weighted by Gasteiger charge is 2.39. The smallest absolute Gasteiger partial charge is 0.228 e. The van der Waals surface area contributed by atoms with Crippen molar-refractivity contribution in [3.05, 3.63) is 34.9 Å². The number of benzene rings is 1. The third-order valence-corrected chi connectivity index (χ3v) is 6.14. The van der Waals surface area contributed by atoms with Crippen molar-refractivity contribution >= 4 is 23.4 Å². The Hall–Kier alpha value is -1.59. The van der Waals surface area contributed by atoms with Crippen molar-refractivity contribution in [3.8, 4) is 0 Å². The van der Waals surface area contributed by atoms with Crippen LogP contribution in [0.3, 0.4) is 0 Å². The lowest BCUT2D eigenvalue weighted by molar-refractivity contribution is -0.143. The number of nitrogens with zero attached hydrogens (tertiary/aromatic N) is 2. The van der Waals surface area contributed by atoms with Crippen LogP contribution < -0.4 is 5.32 Å². The summed E-state index contributed by atoms with van der Waals surface area (Å²) < 4.78 is 0. The zero-order valence-electron chi connectivity index (χ0n) is 15.0. The van der Waals surface area contributed by atoms with E-state index in [1.807, 2.05) is 34.1 Å². The van der Waals surface area contributed by atoms with Gasteiger partial charge >= 0.3 is 0 Å². The number of nitrogens with one attached hydrogen (secondary N) is 1. The summed E-state index contributed by atoms with van der Waals surface area (Å²) in [5.41, 5.74) is 0.997. The van der Waals surface area contributed by atoms with Gasteiger partial charge in [-0.15, -0.1) is 0 Å². The minimum Gasteiger partial charge on any atom is -0.342 e. The van der Waals surface area contributed by atoms with E-state index in [4.69, 9.17) is 11.6 Å². The fourth-order valence-electron chi connectivity index (χ4n) is 4.19. The van der Waals surface area contributed by atoms with E-state index in [0.29, 0.717) is 24.7 Å². The Balaban J connectivity index is 1.49. The number of amides is 2. The van der Waals surface area contributed by atoms with Crippen LogP contribution in [0.2, 0.25) is 5.02 Å². The van der Waals surface area contributed by atoms with Crippen LogP contribution in [0.1, 0.15) is 37.3 Å². The van der Waals surface area contributed by atoms with Crippen LogP contribution >= 0.6 is 11.6 Å². The molecule has 0 bridgehead atoms. The van der Waals surface area contributed by atoms with Crippen molar-refractivity contribution in [2.24, 2.45) is 11.8 Å². The SMILES string of the molecule is O=C(C1CC1)N1CCCC(C(=O)N2CCNCC2c2ccccc2Cl)C1. The second-order valence-corrected chi connectivity index (χ2v) is 8.08. The fourth-order valence-corrected chi connectivity index (χ4v) is 4.45. The Labute approximate surface area is 159 Å². The molecule has 2 amide bonds. The topological polar surface area (TPSA) is 52.7 Å². The molecule has 2 heterocycles. The molecule has 4 rings (SSSR count). The van der Waals surface area contributed by atoms with Crippen LogP contribution in [-0.2, 0) is 9.59 Å². The Kier molecular flexibility index (Phi) is 5.18. The van der Waals surface area contributed by atoms with Crippen LogP contribution in [0.4, 0.5) is 0 Å². The summed E-state index contributed by atoms with van der Waals surface area (Å²) >= 11 is 6.40. The molecule has 26 heavy (non-hydrogen) atoms. The van der Waals surface area contributed by atoms with Crippen molar-refractivity contribution in [2.75, 3.05) is 32.7 Å². The van der Waals surface area contributed by atoms with E-state index in [2.05, 4.69) is 5.32 Å². The maximum atomic E-state index is 13.3. The van der Waals surface area contributed by atoms with Crippen molar-refractivity contribution in [2.45, 2.75) is 31.7 Å². The van der Waals surface area contributed by atoms with E-state index in [1.165, 1.54) is 0 Å². The summed E-state index contributed by atoms with van der Waals surface area (Å²) in [6.45, 7) is 3.57. The molecule has 3 aliphatic rings. The normalized spacial score (nSPS) is 26.7. The molecule has 0 spiro atoms. The molecule has 1 aromatic rings. The summed E-state index contributed by atoms with van der Waals surface area (Å²) in [5.74, 6) is 0.559. The van der Waals surface area contributed by atoms with E-state index in [1.54, 1.807) is 0 Å². The number of hydrogen-bond acceptors (Lipinski definition) is 3. The molecule has 0 radical (unpaired) electrons. The molecule has 1 aliphatic carbocycles. The molecule has 1 saturated carbocycles. The van der Waals surface area contributed by atoms with Gasteiger partial charge in [0.2, 0.25) is 11.8 Å². The van der Waals surface area contributed by atoms with Gasteiger partial charge in [0, 0.05) is 43.7 Å². The standard InChI is InChI=1S/C20H26ClN3O2/c21-17-6-2-1-5-16(17)18-12-22-9-11-24(18)20(26)15-4-3-10-23(13-15)19(25)14-7-8-14/h1-2,5-6,14-15,18,22H,3-4,7-13H2. The van der Waals surface area contributed by atoms with Gasteiger partial charge < -0.3 is 15.1 Å². The van der Waals surface area contributed by atoms with Gasteiger partial charge in [-0.1, -0.05) is 29.8 Å². The molecular weight excluding hydrogens is 350 g/mol. The number of rotatable bonds is 3. The molecule has 3 fully saturated rings. The summed E-state index contributed by atoms with van der Waals surface area (Å²) in [7, 11) is 0. The van der Waals surface area contributed by atoms with E-state index in [9.17, 15) is 9.59 Å². The molecule has 2 atom stereocenters. The van der Waals surface area contributed by atoms with Gasteiger partial charge in [-0.25, -0.2) is 0 Å². The summed E-state index contributed by atoms with van der Waals surface area (Å²) in [5, 5.41) is 4.08. The predicted octanol–water partition coefficient (Wildman–Crippen LogP) is 2.46. The van der Waals surface area contributed by atoms with Crippen LogP contribution in [0.25, 0.3) is 0 Å². The van der Waals surface area contributed by atoms with E-state index in [0.717, 1.165) is 44.3 Å². The molecule has 2 aliphatic heterocycles. The van der Waals surface area contributed by atoms with Gasteiger partial charge in [0.1, 0.15) is 0 Å². The molecule has 2 unspecified atom stereocenters. The van der Waals surface area contributed by atoms with Crippen LogP contribution in [0.15, 0.2) is 24.3 Å². The van der Waals surface area contributed by atoms with Gasteiger partial charge in [0.15, 0.2) is 0 Å². The van der Waals surface area contributed by atoms with Gasteiger partial charge in [-0.3, -0.25) is 9.59 Å². The number of carbonyl (C=O) groups excluding carboxylic acids is 2. The highest BCUT2D eigenvalue weighted by atomic mass is 35.5. The first-order valence-electron chi connectivity index (χ1n) is 9.69. The summed E-state index contributed by atoms with van der Waals surface area (Å²) in [6.07, 6.45) is 3.81. The quantitative estimate of drug-likeness (QED) is 0.883. The van der Waals surface area contributed by atoms with Gasteiger partial charge in [-0.2, -0.15) is 0 Å². The summed E-state index contributed by atoms with van der Waals surface area (Å²) in [4.78, 5) is 29.6. The molecule has 6 heteroatoms. The number of halogens is 1. The van der Waals surface area contributed by atoms with Crippen molar-refractivity contribution in [1.82, 2.24) is 15.1 Å². The lowest BCUT2D eigenvalue weighted by Crippen LogP contribution is -2.53. The summed E-state index contributed by atoms with van der Waals surface area (Å²) in [6, 6.07) is 7.72. The molecule has 140 valence electrons. The van der Waals surface area contributed by atoms with Crippen molar-refractivity contribution < 1.29 is 9.59 Å². The second-order valence-electron chi connectivity index (χ2n) is 7.67. The number of likely N-dealkylation sites (tertiary alicyclic amines) is 1. The van der Waals surface area contributed by atoms with Crippen LogP contribution in [-0.4, -0.2) is 54.3 Å². The first kappa shape index (κ1) is 17.8. The predicted molar refractivity (Wildman–Crippen MR) is 101 cm³/mol. The van der Waals surface area contributed by atoms with E-state index >= 15 is 0 Å². The number of piperidine rings is 1. The molecule has 2 saturated heterocycles. The first-order chi connectivity index (χ1) is 12.6. The Bertz CT molecular complexity index is 691. The Morgan fingerprint density at radius 3 is 2.62 bits per heavy atom. The average Bonchev–Trinajstić information content (AvgIpc) is 3.53. The fraction of sp³-hybridized carbons (Fsp3) is 0.600. The van der Waals surface area contributed by atoms with Crippen molar-refractivity contribution in [1.29, 1.82) is 0 Å². The average molecular weight is 376 g/mol. The Morgan fingerprint density at radius 1 is 1.04 bits per heavy atom. The van der Waals surface area contributed by atoms with E-state index in [-0.39, 0.29) is 29.7 Å². The molecule has 1 aromatic carbocycles. The zero-order valence-corrected chi connectivity index (χ0v) is 15.8. The second kappa shape index (κ2) is 7.57. The first-order valence-corrected chi connectivity index (χ1v) is 10.1. The van der Waals surface area contributed by atoms with Gasteiger partial charge in [-0.05, 0) is 37.3 Å². The van der Waals surface area contributed by atoms with Crippen LogP contribution in [0.5, 0.6) is 0 Å². The highest BCUT2D eigenvalue weighted by molar-refractivity contribution is 6.31. The highest BCUT2D eigenvalue weighted by Crippen LogP contribution is 2.34. The third kappa shape index (κ3) is 3.60. The zero-order chi connectivity index (χ0) is 18.1. The third-order valence-electron chi connectivity index (χ3n) is 5.80. The molecule has 0 aromatic heterocycles. The lowest BCUT2D eigenvalue weighted by atomic mass is 9.93. The lowest BCUT2D eigenvalue weighted by Gasteiger charge is -2.41. The maximum absolute atomic E-state index is 13.3. The number of carbonyl (C=O) groups is 2. The molecule has 1 N–H and O–H groups in total. The minimum absolute atomic E-state index is 0.0422. The Morgan fingerprint density at radius 2 is 1.85 bits per heavy atom. The number of piperazine rings is 1. The van der Waals surface area contributed by atoms with Crippen LogP contribution in [0, 0.1) is 11.8 Å². The number of hydrogen-bond donors (Lipinski definition) is 1. The molecule has 5 nitrogen and oxygen atoms in total. The van der Waals surface area contributed by atoms with E-state index < -0.39 is 0 Å². The monoisotopic (exact) mass is 375 g/mol. The largest absolute Gasteiger partial charge is 0.342 e. The van der Waals surface area contributed by atoms with Gasteiger partial charge in [0.05, 0.1) is 12.0 Å².